The maximum atomic E-state index is 12.3. The monoisotopic (exact) mass is 308 g/mol. The van der Waals surface area contributed by atoms with Crippen LogP contribution in [-0.2, 0) is 4.79 Å². The molecule has 0 unspecified atom stereocenters. The van der Waals surface area contributed by atoms with Crippen LogP contribution >= 0.6 is 11.8 Å². The Morgan fingerprint density at radius 1 is 1.38 bits per heavy atom. The van der Waals surface area contributed by atoms with E-state index >= 15 is 0 Å². The number of aliphatic hydroxyl groups is 1. The molecule has 1 aromatic carbocycles. The van der Waals surface area contributed by atoms with Gasteiger partial charge >= 0.3 is 0 Å². The molecule has 1 amide bonds. The molecule has 5 heteroatoms. The fourth-order valence-corrected chi connectivity index (χ4v) is 3.45. The molecular formula is C16H24N2O2S. The van der Waals surface area contributed by atoms with Gasteiger partial charge in [-0.05, 0) is 56.4 Å². The van der Waals surface area contributed by atoms with Crippen molar-refractivity contribution in [2.75, 3.05) is 28.8 Å². The summed E-state index contributed by atoms with van der Waals surface area (Å²) < 4.78 is 0. The van der Waals surface area contributed by atoms with Crippen molar-refractivity contribution in [3.05, 3.63) is 24.3 Å². The lowest BCUT2D eigenvalue weighted by molar-refractivity contribution is -0.134. The van der Waals surface area contributed by atoms with E-state index < -0.39 is 5.60 Å². The smallest absolute Gasteiger partial charge is 0.256 e. The number of nitrogens with zero attached hydrogens (tertiary/aromatic N) is 1. The van der Waals surface area contributed by atoms with Crippen molar-refractivity contribution in [1.82, 2.24) is 0 Å². The number of amides is 1. The maximum absolute atomic E-state index is 12.3. The van der Waals surface area contributed by atoms with Gasteiger partial charge in [0.1, 0.15) is 5.60 Å². The third-order valence-electron chi connectivity index (χ3n) is 4.03. The molecule has 1 fully saturated rings. The first kappa shape index (κ1) is 16.2. The molecule has 1 aromatic rings. The number of rotatable bonds is 4. The highest BCUT2D eigenvalue weighted by Gasteiger charge is 2.37. The SMILES string of the molecule is CC(C)N(C)c1cccc(NC(=O)C2(O)CCSCC2)c1. The molecule has 0 radical (unpaired) electrons. The van der Waals surface area contributed by atoms with Crippen LogP contribution < -0.4 is 10.2 Å². The molecule has 116 valence electrons. The van der Waals surface area contributed by atoms with Gasteiger partial charge in [-0.2, -0.15) is 11.8 Å². The Bertz CT molecular complexity index is 499. The predicted octanol–water partition coefficient (Wildman–Crippen LogP) is 2.73. The first-order chi connectivity index (χ1) is 9.92. The van der Waals surface area contributed by atoms with E-state index in [4.69, 9.17) is 0 Å². The van der Waals surface area contributed by atoms with Crippen LogP contribution in [0.2, 0.25) is 0 Å². The van der Waals surface area contributed by atoms with Crippen molar-refractivity contribution in [2.24, 2.45) is 0 Å². The van der Waals surface area contributed by atoms with Crippen molar-refractivity contribution in [1.29, 1.82) is 0 Å². The summed E-state index contributed by atoms with van der Waals surface area (Å²) in [5, 5.41) is 13.3. The molecule has 0 saturated carbocycles. The lowest BCUT2D eigenvalue weighted by Gasteiger charge is -2.30. The van der Waals surface area contributed by atoms with Crippen molar-refractivity contribution in [3.8, 4) is 0 Å². The van der Waals surface area contributed by atoms with Crippen LogP contribution in [0.4, 0.5) is 11.4 Å². The second-order valence-electron chi connectivity index (χ2n) is 5.85. The minimum atomic E-state index is -1.22. The van der Waals surface area contributed by atoms with Crippen LogP contribution in [0.25, 0.3) is 0 Å². The zero-order valence-corrected chi connectivity index (χ0v) is 13.7. The summed E-state index contributed by atoms with van der Waals surface area (Å²) in [4.78, 5) is 14.5. The zero-order valence-electron chi connectivity index (χ0n) is 12.9. The highest BCUT2D eigenvalue weighted by molar-refractivity contribution is 7.99. The van der Waals surface area contributed by atoms with Crippen molar-refractivity contribution >= 4 is 29.0 Å². The summed E-state index contributed by atoms with van der Waals surface area (Å²) in [6, 6.07) is 8.12. The van der Waals surface area contributed by atoms with Gasteiger partial charge in [-0.15, -0.1) is 0 Å². The second-order valence-corrected chi connectivity index (χ2v) is 7.08. The molecule has 0 bridgehead atoms. The molecule has 1 aliphatic heterocycles. The van der Waals surface area contributed by atoms with E-state index in [0.717, 1.165) is 22.9 Å². The fourth-order valence-electron chi connectivity index (χ4n) is 2.28. The number of hydrogen-bond donors (Lipinski definition) is 2. The molecule has 0 spiro atoms. The molecule has 0 atom stereocenters. The number of nitrogens with one attached hydrogen (secondary N) is 1. The lowest BCUT2D eigenvalue weighted by atomic mass is 9.95. The topological polar surface area (TPSA) is 52.6 Å². The summed E-state index contributed by atoms with van der Waals surface area (Å²) >= 11 is 1.78. The van der Waals surface area contributed by atoms with Gasteiger partial charge < -0.3 is 15.3 Å². The molecule has 0 aliphatic carbocycles. The molecule has 0 aromatic heterocycles. The van der Waals surface area contributed by atoms with Gasteiger partial charge in [-0.25, -0.2) is 0 Å². The minimum absolute atomic E-state index is 0.285. The number of hydrogen-bond acceptors (Lipinski definition) is 4. The molecule has 1 heterocycles. The summed E-state index contributed by atoms with van der Waals surface area (Å²) in [5.41, 5.74) is 0.566. The second kappa shape index (κ2) is 6.71. The largest absolute Gasteiger partial charge is 0.380 e. The highest BCUT2D eigenvalue weighted by atomic mass is 32.2. The van der Waals surface area contributed by atoms with Gasteiger partial charge in [0.2, 0.25) is 0 Å². The third kappa shape index (κ3) is 3.92. The summed E-state index contributed by atoms with van der Waals surface area (Å²) in [6.45, 7) is 4.24. The number of carbonyl (C=O) groups is 1. The number of benzene rings is 1. The maximum Gasteiger partial charge on any atom is 0.256 e. The fraction of sp³-hybridized carbons (Fsp3) is 0.562. The van der Waals surface area contributed by atoms with Crippen LogP contribution in [0, 0.1) is 0 Å². The molecule has 1 aliphatic rings. The van der Waals surface area contributed by atoms with Crippen molar-refractivity contribution in [2.45, 2.75) is 38.3 Å². The molecule has 4 nitrogen and oxygen atoms in total. The first-order valence-corrected chi connectivity index (χ1v) is 8.52. The van der Waals surface area contributed by atoms with Crippen molar-refractivity contribution < 1.29 is 9.90 Å². The Morgan fingerprint density at radius 3 is 2.67 bits per heavy atom. The third-order valence-corrected chi connectivity index (χ3v) is 5.01. The van der Waals surface area contributed by atoms with Crippen LogP contribution in [0.3, 0.4) is 0 Å². The average Bonchev–Trinajstić information content (AvgIpc) is 2.47. The first-order valence-electron chi connectivity index (χ1n) is 7.37. The van der Waals surface area contributed by atoms with Crippen molar-refractivity contribution in [3.63, 3.8) is 0 Å². The molecule has 21 heavy (non-hydrogen) atoms. The zero-order chi connectivity index (χ0) is 15.5. The van der Waals surface area contributed by atoms with E-state index in [1.165, 1.54) is 0 Å². The van der Waals surface area contributed by atoms with E-state index in [9.17, 15) is 9.90 Å². The number of thioether (sulfide) groups is 1. The minimum Gasteiger partial charge on any atom is -0.380 e. The number of carbonyl (C=O) groups excluding carboxylic acids is 1. The quantitative estimate of drug-likeness (QED) is 0.898. The van der Waals surface area contributed by atoms with Gasteiger partial charge in [0.05, 0.1) is 0 Å². The Kier molecular flexibility index (Phi) is 5.17. The van der Waals surface area contributed by atoms with Crippen LogP contribution in [0.1, 0.15) is 26.7 Å². The Morgan fingerprint density at radius 2 is 2.05 bits per heavy atom. The van der Waals surface area contributed by atoms with E-state index in [-0.39, 0.29) is 5.91 Å². The Balaban J connectivity index is 2.09. The molecule has 2 N–H and O–H groups in total. The van der Waals surface area contributed by atoms with E-state index in [1.54, 1.807) is 11.8 Å². The van der Waals surface area contributed by atoms with Crippen LogP contribution in [0.15, 0.2) is 24.3 Å². The predicted molar refractivity (Wildman–Crippen MR) is 90.1 cm³/mol. The Hall–Kier alpha value is -1.20. The normalized spacial score (nSPS) is 17.6. The lowest BCUT2D eigenvalue weighted by Crippen LogP contribution is -2.45. The Labute approximate surface area is 130 Å². The summed E-state index contributed by atoms with van der Waals surface area (Å²) in [7, 11) is 2.03. The molecular weight excluding hydrogens is 284 g/mol. The van der Waals surface area contributed by atoms with Crippen LogP contribution in [0.5, 0.6) is 0 Å². The van der Waals surface area contributed by atoms with Gasteiger partial charge in [-0.1, -0.05) is 6.07 Å². The standard InChI is InChI=1S/C16H24N2O2S/c1-12(2)18(3)14-6-4-5-13(11-14)17-15(19)16(20)7-9-21-10-8-16/h4-6,11-12,20H,7-10H2,1-3H3,(H,17,19). The molecule has 1 saturated heterocycles. The molecule has 2 rings (SSSR count). The van der Waals surface area contributed by atoms with Gasteiger partial charge in [0, 0.05) is 24.5 Å². The summed E-state index contributed by atoms with van der Waals surface area (Å²) in [5.74, 6) is 1.38. The number of anilines is 2. The van der Waals surface area contributed by atoms with Crippen LogP contribution in [-0.4, -0.2) is 41.2 Å². The van der Waals surface area contributed by atoms with Gasteiger partial charge in [0.15, 0.2) is 0 Å². The van der Waals surface area contributed by atoms with E-state index in [1.807, 2.05) is 31.3 Å². The van der Waals surface area contributed by atoms with E-state index in [2.05, 4.69) is 24.1 Å². The summed E-state index contributed by atoms with van der Waals surface area (Å²) in [6.07, 6.45) is 1.05. The van der Waals surface area contributed by atoms with Gasteiger partial charge in [-0.3, -0.25) is 4.79 Å². The highest BCUT2D eigenvalue weighted by Crippen LogP contribution is 2.29. The van der Waals surface area contributed by atoms with E-state index in [0.29, 0.717) is 18.9 Å². The average molecular weight is 308 g/mol. The van der Waals surface area contributed by atoms with Gasteiger partial charge in [0.25, 0.3) is 5.91 Å².